The number of fused-ring (bicyclic) bond motifs is 1. The van der Waals surface area contributed by atoms with Crippen LogP contribution < -0.4 is 10.9 Å². The number of nitrogens with one attached hydrogen (secondary N) is 1. The van der Waals surface area contributed by atoms with Crippen LogP contribution in [0.15, 0.2) is 65.5 Å². The van der Waals surface area contributed by atoms with Crippen molar-refractivity contribution in [2.45, 2.75) is 19.9 Å². The van der Waals surface area contributed by atoms with Gasteiger partial charge in [-0.3, -0.25) is 9.59 Å². The summed E-state index contributed by atoms with van der Waals surface area (Å²) in [5, 5.41) is 11.3. The van der Waals surface area contributed by atoms with Gasteiger partial charge in [0.1, 0.15) is 6.54 Å². The van der Waals surface area contributed by atoms with Crippen LogP contribution in [-0.4, -0.2) is 20.9 Å². The first kappa shape index (κ1) is 18.1. The summed E-state index contributed by atoms with van der Waals surface area (Å²) < 4.78 is 1.10. The van der Waals surface area contributed by atoms with Crippen LogP contribution in [0.4, 0.5) is 5.69 Å². The molecule has 0 atom stereocenters. The Kier molecular flexibility index (Phi) is 4.99. The summed E-state index contributed by atoms with van der Waals surface area (Å²) in [4.78, 5) is 26.6. The van der Waals surface area contributed by atoms with E-state index in [4.69, 9.17) is 0 Å². The summed E-state index contributed by atoms with van der Waals surface area (Å²) >= 11 is 1.41. The molecule has 0 spiro atoms. The molecule has 0 bridgehead atoms. The third-order valence-electron chi connectivity index (χ3n) is 4.42. The maximum atomic E-state index is 12.7. The lowest BCUT2D eigenvalue weighted by Gasteiger charge is -2.06. The number of rotatable bonds is 5. The van der Waals surface area contributed by atoms with Crippen LogP contribution in [0.2, 0.25) is 0 Å². The fraction of sp³-hybridized carbons (Fsp3) is 0.143. The Morgan fingerprint density at radius 1 is 1.11 bits per heavy atom. The molecular weight excluding hydrogens is 372 g/mol. The molecule has 140 valence electrons. The van der Waals surface area contributed by atoms with Gasteiger partial charge in [0.15, 0.2) is 4.83 Å². The Morgan fingerprint density at radius 2 is 1.86 bits per heavy atom. The quantitative estimate of drug-likeness (QED) is 0.563. The van der Waals surface area contributed by atoms with Gasteiger partial charge in [-0.25, -0.2) is 4.68 Å². The number of aromatic nitrogens is 3. The summed E-state index contributed by atoms with van der Waals surface area (Å²) in [6, 6.07) is 19.2. The zero-order chi connectivity index (χ0) is 19.5. The Bertz CT molecular complexity index is 1180. The highest BCUT2D eigenvalue weighted by atomic mass is 32.1. The number of amides is 1. The topological polar surface area (TPSA) is 76.9 Å². The van der Waals surface area contributed by atoms with Gasteiger partial charge in [-0.05, 0) is 35.7 Å². The molecule has 7 heteroatoms. The van der Waals surface area contributed by atoms with Crippen LogP contribution >= 0.6 is 11.3 Å². The van der Waals surface area contributed by atoms with Crippen molar-refractivity contribution in [1.82, 2.24) is 15.0 Å². The average Bonchev–Trinajstić information content (AvgIpc) is 3.17. The molecule has 2 aromatic heterocycles. The second kappa shape index (κ2) is 7.74. The van der Waals surface area contributed by atoms with Gasteiger partial charge in [-0.2, -0.15) is 0 Å². The normalized spacial score (nSPS) is 10.9. The van der Waals surface area contributed by atoms with E-state index in [9.17, 15) is 9.59 Å². The molecular formula is C21H18N4O2S. The lowest BCUT2D eigenvalue weighted by Crippen LogP contribution is -2.30. The fourth-order valence-electron chi connectivity index (χ4n) is 2.89. The molecule has 28 heavy (non-hydrogen) atoms. The maximum Gasteiger partial charge on any atom is 0.279 e. The van der Waals surface area contributed by atoms with Gasteiger partial charge in [-0.15, -0.1) is 16.4 Å². The molecule has 4 rings (SSSR count). The van der Waals surface area contributed by atoms with Crippen molar-refractivity contribution in [1.29, 1.82) is 0 Å². The van der Waals surface area contributed by atoms with Crippen LogP contribution in [-0.2, 0) is 17.8 Å². The Morgan fingerprint density at radius 3 is 2.57 bits per heavy atom. The number of hydrogen-bond donors (Lipinski definition) is 1. The molecule has 0 aliphatic rings. The molecule has 0 fully saturated rings. The summed E-state index contributed by atoms with van der Waals surface area (Å²) in [6.45, 7) is 1.89. The lowest BCUT2D eigenvalue weighted by molar-refractivity contribution is -0.117. The van der Waals surface area contributed by atoms with Crippen LogP contribution in [0, 0.1) is 0 Å². The summed E-state index contributed by atoms with van der Waals surface area (Å²) in [7, 11) is 0. The van der Waals surface area contributed by atoms with E-state index in [0.717, 1.165) is 21.5 Å². The molecule has 0 aliphatic carbocycles. The fourth-order valence-corrected chi connectivity index (χ4v) is 3.86. The van der Waals surface area contributed by atoms with Gasteiger partial charge in [0.25, 0.3) is 5.56 Å². The van der Waals surface area contributed by atoms with E-state index in [1.807, 2.05) is 60.7 Å². The SMILES string of the molecule is CCc1ccc(NC(=O)Cn2nnc3sc(-c4ccccc4)cc3c2=O)cc1. The molecule has 4 aromatic rings. The van der Waals surface area contributed by atoms with Crippen LogP contribution in [0.1, 0.15) is 12.5 Å². The lowest BCUT2D eigenvalue weighted by atomic mass is 10.1. The van der Waals surface area contributed by atoms with E-state index in [2.05, 4.69) is 22.6 Å². The molecule has 1 N–H and O–H groups in total. The van der Waals surface area contributed by atoms with Crippen LogP contribution in [0.25, 0.3) is 20.7 Å². The number of carbonyl (C=O) groups excluding carboxylic acids is 1. The largest absolute Gasteiger partial charge is 0.324 e. The second-order valence-electron chi connectivity index (χ2n) is 6.35. The van der Waals surface area contributed by atoms with E-state index >= 15 is 0 Å². The molecule has 1 amide bonds. The molecule has 0 saturated carbocycles. The molecule has 2 heterocycles. The number of hydrogen-bond acceptors (Lipinski definition) is 5. The third kappa shape index (κ3) is 3.70. The predicted octanol–water partition coefficient (Wildman–Crippen LogP) is 3.72. The van der Waals surface area contributed by atoms with Crippen molar-refractivity contribution in [2.75, 3.05) is 5.32 Å². The van der Waals surface area contributed by atoms with Gasteiger partial charge in [-0.1, -0.05) is 54.6 Å². The molecule has 2 aromatic carbocycles. The van der Waals surface area contributed by atoms with Crippen molar-refractivity contribution in [3.8, 4) is 10.4 Å². The molecule has 0 aliphatic heterocycles. The molecule has 6 nitrogen and oxygen atoms in total. The standard InChI is InChI=1S/C21H18N4O2S/c1-2-14-8-10-16(11-9-14)22-19(26)13-25-21(27)17-12-18(28-20(17)23-24-25)15-6-4-3-5-7-15/h3-12H,2,13H2,1H3,(H,22,26). The average molecular weight is 390 g/mol. The zero-order valence-electron chi connectivity index (χ0n) is 15.3. The summed E-state index contributed by atoms with van der Waals surface area (Å²) in [5.41, 5.74) is 2.58. The van der Waals surface area contributed by atoms with E-state index in [1.54, 1.807) is 0 Å². The van der Waals surface area contributed by atoms with Crippen molar-refractivity contribution in [3.63, 3.8) is 0 Å². The number of thiophene rings is 1. The number of nitrogens with zero attached hydrogens (tertiary/aromatic N) is 3. The minimum Gasteiger partial charge on any atom is -0.324 e. The number of carbonyl (C=O) groups is 1. The van der Waals surface area contributed by atoms with E-state index in [1.165, 1.54) is 16.9 Å². The predicted molar refractivity (Wildman–Crippen MR) is 112 cm³/mol. The second-order valence-corrected chi connectivity index (χ2v) is 7.38. The van der Waals surface area contributed by atoms with Gasteiger partial charge < -0.3 is 5.32 Å². The van der Waals surface area contributed by atoms with Crippen molar-refractivity contribution in [3.05, 3.63) is 76.6 Å². The van der Waals surface area contributed by atoms with Gasteiger partial charge in [0.2, 0.25) is 5.91 Å². The summed E-state index contributed by atoms with van der Waals surface area (Å²) in [5.74, 6) is -0.321. The third-order valence-corrected chi connectivity index (χ3v) is 5.49. The smallest absolute Gasteiger partial charge is 0.279 e. The first-order valence-corrected chi connectivity index (χ1v) is 9.77. The monoisotopic (exact) mass is 390 g/mol. The highest BCUT2D eigenvalue weighted by Crippen LogP contribution is 2.30. The first-order chi connectivity index (χ1) is 13.6. The minimum absolute atomic E-state index is 0.187. The number of aryl methyl sites for hydroxylation is 1. The molecule has 0 unspecified atom stereocenters. The zero-order valence-corrected chi connectivity index (χ0v) is 16.1. The van der Waals surface area contributed by atoms with Crippen LogP contribution in [0.5, 0.6) is 0 Å². The maximum absolute atomic E-state index is 12.7. The van der Waals surface area contributed by atoms with E-state index in [0.29, 0.717) is 15.9 Å². The number of benzene rings is 2. The Labute approximate surface area is 165 Å². The molecule has 0 saturated heterocycles. The Hall–Kier alpha value is -3.32. The van der Waals surface area contributed by atoms with Crippen molar-refractivity contribution in [2.24, 2.45) is 0 Å². The highest BCUT2D eigenvalue weighted by molar-refractivity contribution is 7.21. The van der Waals surface area contributed by atoms with Gasteiger partial charge >= 0.3 is 0 Å². The Balaban J connectivity index is 1.56. The summed E-state index contributed by atoms with van der Waals surface area (Å²) in [6.07, 6.45) is 0.935. The van der Waals surface area contributed by atoms with E-state index in [-0.39, 0.29) is 18.0 Å². The molecule has 0 radical (unpaired) electrons. The van der Waals surface area contributed by atoms with E-state index < -0.39 is 0 Å². The number of anilines is 1. The van der Waals surface area contributed by atoms with Gasteiger partial charge in [0, 0.05) is 10.6 Å². The minimum atomic E-state index is -0.321. The van der Waals surface area contributed by atoms with Crippen molar-refractivity contribution < 1.29 is 4.79 Å². The highest BCUT2D eigenvalue weighted by Gasteiger charge is 2.13. The van der Waals surface area contributed by atoms with Crippen LogP contribution in [0.3, 0.4) is 0 Å². The van der Waals surface area contributed by atoms with Crippen molar-refractivity contribution >= 4 is 33.1 Å². The van der Waals surface area contributed by atoms with Gasteiger partial charge in [0.05, 0.1) is 5.39 Å². The first-order valence-electron chi connectivity index (χ1n) is 8.95.